The highest BCUT2D eigenvalue weighted by Gasteiger charge is 2.24. The van der Waals surface area contributed by atoms with Crippen molar-refractivity contribution in [3.8, 4) is 34.5 Å². The highest BCUT2D eigenvalue weighted by molar-refractivity contribution is 5.92. The van der Waals surface area contributed by atoms with Gasteiger partial charge in [-0.05, 0) is 51.1 Å². The van der Waals surface area contributed by atoms with Gasteiger partial charge in [-0.1, -0.05) is 6.07 Å². The number of nitrogens with zero attached hydrogens (tertiary/aromatic N) is 6. The van der Waals surface area contributed by atoms with Crippen LogP contribution < -0.4 is 10.2 Å². The third-order valence-corrected chi connectivity index (χ3v) is 6.69. The van der Waals surface area contributed by atoms with E-state index in [1.807, 2.05) is 11.0 Å². The van der Waals surface area contributed by atoms with Crippen LogP contribution in [0.15, 0.2) is 42.6 Å². The molecule has 1 fully saturated rings. The summed E-state index contributed by atoms with van der Waals surface area (Å²) in [7, 11) is 0. The van der Waals surface area contributed by atoms with Crippen molar-refractivity contribution in [3.63, 3.8) is 0 Å². The second-order valence-electron chi connectivity index (χ2n) is 10.3. The predicted octanol–water partition coefficient (Wildman–Crippen LogP) is 4.36. The molecule has 1 aliphatic rings. The zero-order valence-electron chi connectivity index (χ0n) is 21.7. The molecule has 5 rings (SSSR count). The summed E-state index contributed by atoms with van der Waals surface area (Å²) in [6, 6.07) is 12.7. The molecule has 198 valence electrons. The van der Waals surface area contributed by atoms with Crippen LogP contribution in [-0.4, -0.2) is 51.7 Å². The van der Waals surface area contributed by atoms with Crippen molar-refractivity contribution in [2.45, 2.75) is 32.4 Å². The molecule has 0 aliphatic carbocycles. The van der Waals surface area contributed by atoms with Crippen LogP contribution in [0.3, 0.4) is 0 Å². The fourth-order valence-electron chi connectivity index (χ4n) is 4.88. The zero-order valence-corrected chi connectivity index (χ0v) is 21.7. The molecular weight excluding hydrogens is 500 g/mol. The number of benzene rings is 2. The van der Waals surface area contributed by atoms with Crippen molar-refractivity contribution < 1.29 is 13.9 Å². The number of pyridine rings is 1. The summed E-state index contributed by atoms with van der Waals surface area (Å²) in [6.45, 7) is 6.43. The third-order valence-electron chi connectivity index (χ3n) is 6.69. The van der Waals surface area contributed by atoms with Gasteiger partial charge in [-0.25, -0.2) is 13.8 Å². The van der Waals surface area contributed by atoms with Gasteiger partial charge in [0.15, 0.2) is 0 Å². The molecule has 0 spiro atoms. The Morgan fingerprint density at radius 3 is 2.54 bits per heavy atom. The van der Waals surface area contributed by atoms with Gasteiger partial charge in [0.1, 0.15) is 23.5 Å². The van der Waals surface area contributed by atoms with E-state index < -0.39 is 17.2 Å². The molecule has 10 heteroatoms. The number of nitrogens with one attached hydrogen (secondary N) is 1. The fraction of sp³-hybridized carbons (Fsp3) is 0.310. The Kier molecular flexibility index (Phi) is 7.00. The molecule has 2 N–H and O–H groups in total. The minimum absolute atomic E-state index is 0.123. The summed E-state index contributed by atoms with van der Waals surface area (Å²) >= 11 is 0. The van der Waals surface area contributed by atoms with Crippen molar-refractivity contribution in [1.29, 1.82) is 10.5 Å². The van der Waals surface area contributed by atoms with Crippen LogP contribution in [0.25, 0.3) is 33.3 Å². The maximum Gasteiger partial charge on any atom is 0.141 e. The first kappa shape index (κ1) is 26.2. The van der Waals surface area contributed by atoms with Gasteiger partial charge in [-0.15, -0.1) is 0 Å². The van der Waals surface area contributed by atoms with Crippen LogP contribution in [-0.2, 0) is 6.54 Å². The van der Waals surface area contributed by atoms with E-state index in [4.69, 9.17) is 4.98 Å². The zero-order chi connectivity index (χ0) is 27.7. The molecular formula is C29H27F2N7O. The van der Waals surface area contributed by atoms with E-state index in [9.17, 15) is 20.0 Å². The van der Waals surface area contributed by atoms with Crippen molar-refractivity contribution in [3.05, 3.63) is 65.4 Å². The summed E-state index contributed by atoms with van der Waals surface area (Å²) in [4.78, 5) is 6.89. The van der Waals surface area contributed by atoms with Gasteiger partial charge < -0.3 is 15.3 Å². The number of halogens is 2. The van der Waals surface area contributed by atoms with Gasteiger partial charge in [0.05, 0.1) is 46.7 Å². The van der Waals surface area contributed by atoms with Crippen LogP contribution >= 0.6 is 0 Å². The molecule has 0 radical (unpaired) electrons. The lowest BCUT2D eigenvalue weighted by Crippen LogP contribution is -2.28. The second-order valence-corrected chi connectivity index (χ2v) is 10.3. The molecule has 4 aromatic rings. The second kappa shape index (κ2) is 10.4. The molecule has 0 unspecified atom stereocenters. The van der Waals surface area contributed by atoms with Crippen LogP contribution in [0.5, 0.6) is 0 Å². The molecule has 1 saturated heterocycles. The Hall–Kier alpha value is -4.38. The Labute approximate surface area is 224 Å². The van der Waals surface area contributed by atoms with Gasteiger partial charge >= 0.3 is 0 Å². The highest BCUT2D eigenvalue weighted by atomic mass is 19.1. The summed E-state index contributed by atoms with van der Waals surface area (Å²) in [5.41, 5.74) is 0.422. The quantitative estimate of drug-likeness (QED) is 0.397. The first-order valence-electron chi connectivity index (χ1n) is 12.7. The molecule has 3 heterocycles. The van der Waals surface area contributed by atoms with Crippen molar-refractivity contribution >= 4 is 16.7 Å². The maximum atomic E-state index is 15.8. The van der Waals surface area contributed by atoms with E-state index >= 15 is 4.39 Å². The van der Waals surface area contributed by atoms with E-state index in [0.29, 0.717) is 35.4 Å². The lowest BCUT2D eigenvalue weighted by molar-refractivity contribution is 0.0591. The lowest BCUT2D eigenvalue weighted by Gasteiger charge is -2.24. The van der Waals surface area contributed by atoms with E-state index in [0.717, 1.165) is 19.5 Å². The van der Waals surface area contributed by atoms with E-state index in [-0.39, 0.29) is 34.5 Å². The summed E-state index contributed by atoms with van der Waals surface area (Å²) in [6.07, 6.45) is 2.45. The minimum atomic E-state index is -1.06. The number of aromatic nitrogens is 3. The van der Waals surface area contributed by atoms with E-state index in [1.54, 1.807) is 38.2 Å². The Morgan fingerprint density at radius 2 is 1.82 bits per heavy atom. The maximum absolute atomic E-state index is 15.8. The largest absolute Gasteiger partial charge is 0.389 e. The number of anilines is 1. The normalized spacial score (nSPS) is 14.2. The Morgan fingerprint density at radius 1 is 1.03 bits per heavy atom. The average molecular weight is 528 g/mol. The van der Waals surface area contributed by atoms with Crippen molar-refractivity contribution in [2.75, 3.05) is 31.1 Å². The highest BCUT2D eigenvalue weighted by Crippen LogP contribution is 2.39. The van der Waals surface area contributed by atoms with Crippen LogP contribution in [0.1, 0.15) is 31.4 Å². The molecule has 0 bridgehead atoms. The van der Waals surface area contributed by atoms with Crippen LogP contribution in [0, 0.1) is 34.3 Å². The predicted molar refractivity (Wildman–Crippen MR) is 144 cm³/mol. The molecule has 1 aliphatic heterocycles. The molecule has 2 aromatic carbocycles. The number of hydrogen-bond acceptors (Lipinski definition) is 7. The Balaban J connectivity index is 1.74. The van der Waals surface area contributed by atoms with Crippen molar-refractivity contribution in [1.82, 2.24) is 20.1 Å². The summed E-state index contributed by atoms with van der Waals surface area (Å²) < 4.78 is 32.1. The van der Waals surface area contributed by atoms with Gasteiger partial charge in [-0.2, -0.15) is 15.6 Å². The number of rotatable bonds is 5. The van der Waals surface area contributed by atoms with Gasteiger partial charge in [-0.3, -0.25) is 4.68 Å². The Bertz CT molecular complexity index is 1630. The molecule has 0 saturated carbocycles. The van der Waals surface area contributed by atoms with E-state index in [1.165, 1.54) is 22.9 Å². The van der Waals surface area contributed by atoms with Gasteiger partial charge in [0, 0.05) is 47.8 Å². The summed E-state index contributed by atoms with van der Waals surface area (Å²) in [5, 5.41) is 37.9. The number of hydrogen-bond donors (Lipinski definition) is 2. The van der Waals surface area contributed by atoms with Crippen LogP contribution in [0.2, 0.25) is 0 Å². The van der Waals surface area contributed by atoms with Crippen LogP contribution in [0.4, 0.5) is 14.6 Å². The van der Waals surface area contributed by atoms with Gasteiger partial charge in [0.2, 0.25) is 0 Å². The monoisotopic (exact) mass is 527 g/mol. The topological polar surface area (TPSA) is 114 Å². The molecule has 0 amide bonds. The van der Waals surface area contributed by atoms with Gasteiger partial charge in [0.25, 0.3) is 0 Å². The van der Waals surface area contributed by atoms with Crippen molar-refractivity contribution in [2.24, 2.45) is 0 Å². The third kappa shape index (κ3) is 5.30. The standard InChI is InChI=1S/C29H27F2N7O/c1-29(2,39)17-38-25-13-24(31)22(10-21(25)16-35-38)27-20(15-33)12-26(37-8-3-6-34-7-9-37)36-28(27)18-4-5-19(14-32)23(30)11-18/h4-5,10-13,16,34,39H,3,6-9,17H2,1-2H3. The molecule has 2 aromatic heterocycles. The summed E-state index contributed by atoms with van der Waals surface area (Å²) in [5.74, 6) is -0.798. The first-order chi connectivity index (χ1) is 18.7. The van der Waals surface area contributed by atoms with E-state index in [2.05, 4.69) is 16.5 Å². The SMILES string of the molecule is CC(C)(O)Cn1ncc2cc(-c3c(C#N)cc(N4CCCNCC4)nc3-c3ccc(C#N)c(F)c3)c(F)cc21. The number of fused-ring (bicyclic) bond motifs is 1. The molecule has 8 nitrogen and oxygen atoms in total. The molecule has 0 atom stereocenters. The lowest BCUT2D eigenvalue weighted by atomic mass is 9.93. The first-order valence-corrected chi connectivity index (χ1v) is 12.7. The number of aliphatic hydroxyl groups is 1. The minimum Gasteiger partial charge on any atom is -0.389 e. The fourth-order valence-corrected chi connectivity index (χ4v) is 4.88. The average Bonchev–Trinajstić information content (AvgIpc) is 3.09. The number of nitriles is 2. The molecule has 39 heavy (non-hydrogen) atoms. The smallest absolute Gasteiger partial charge is 0.141 e.